The third kappa shape index (κ3) is 3.41. The zero-order valence-corrected chi connectivity index (χ0v) is 14.1. The van der Waals surface area contributed by atoms with Crippen molar-refractivity contribution in [2.24, 2.45) is 11.8 Å². The molecule has 2 atom stereocenters. The van der Waals surface area contributed by atoms with Gasteiger partial charge in [0, 0.05) is 18.7 Å². The number of halogens is 2. The molecule has 0 saturated carbocycles. The summed E-state index contributed by atoms with van der Waals surface area (Å²) in [5, 5.41) is 0. The summed E-state index contributed by atoms with van der Waals surface area (Å²) >= 11 is 5.71. The van der Waals surface area contributed by atoms with Crippen molar-refractivity contribution >= 4 is 21.6 Å². The van der Waals surface area contributed by atoms with E-state index in [1.165, 1.54) is 16.4 Å². The summed E-state index contributed by atoms with van der Waals surface area (Å²) in [5.41, 5.74) is 0.540. The van der Waals surface area contributed by atoms with Crippen LogP contribution in [0.4, 0.5) is 4.39 Å². The summed E-state index contributed by atoms with van der Waals surface area (Å²) in [4.78, 5) is 0.137. The van der Waals surface area contributed by atoms with Crippen molar-refractivity contribution in [3.8, 4) is 0 Å². The lowest BCUT2D eigenvalue weighted by atomic mass is 9.94. The smallest absolute Gasteiger partial charge is 0.207 e. The molecule has 0 spiro atoms. The normalized spacial score (nSPS) is 24.2. The van der Waals surface area contributed by atoms with E-state index in [1.54, 1.807) is 6.92 Å². The molecule has 1 aliphatic rings. The number of rotatable bonds is 3. The van der Waals surface area contributed by atoms with Crippen LogP contribution >= 0.6 is 11.6 Å². The average Bonchev–Trinajstić information content (AvgIpc) is 2.40. The maximum atomic E-state index is 13.8. The Morgan fingerprint density at radius 2 is 1.86 bits per heavy atom. The molecule has 1 heterocycles. The zero-order chi connectivity index (χ0) is 15.8. The molecule has 0 aromatic heterocycles. The van der Waals surface area contributed by atoms with E-state index in [9.17, 15) is 12.8 Å². The number of sulfonamides is 1. The lowest BCUT2D eigenvalue weighted by Gasteiger charge is -2.34. The van der Waals surface area contributed by atoms with Crippen molar-refractivity contribution in [1.82, 2.24) is 4.31 Å². The summed E-state index contributed by atoms with van der Waals surface area (Å²) in [7, 11) is -3.59. The fourth-order valence-electron chi connectivity index (χ4n) is 3.00. The second-order valence-electron chi connectivity index (χ2n) is 6.11. The lowest BCUT2D eigenvalue weighted by Crippen LogP contribution is -2.42. The van der Waals surface area contributed by atoms with Gasteiger partial charge in [-0.2, -0.15) is 4.31 Å². The molecule has 2 unspecified atom stereocenters. The molecule has 1 saturated heterocycles. The minimum atomic E-state index is -3.59. The van der Waals surface area contributed by atoms with Crippen LogP contribution in [0.3, 0.4) is 0 Å². The van der Waals surface area contributed by atoms with E-state index >= 15 is 0 Å². The van der Waals surface area contributed by atoms with Crippen molar-refractivity contribution in [2.75, 3.05) is 13.1 Å². The number of piperidine rings is 1. The van der Waals surface area contributed by atoms with Crippen molar-refractivity contribution in [3.63, 3.8) is 0 Å². The highest BCUT2D eigenvalue weighted by Gasteiger charge is 2.32. The molecule has 1 aromatic carbocycles. The molecule has 3 nitrogen and oxygen atoms in total. The third-order valence-electron chi connectivity index (χ3n) is 3.92. The van der Waals surface area contributed by atoms with Crippen LogP contribution in [0, 0.1) is 24.6 Å². The molecule has 0 N–H and O–H groups in total. The molecule has 1 aromatic rings. The molecule has 0 amide bonds. The summed E-state index contributed by atoms with van der Waals surface area (Å²) < 4.78 is 40.9. The average molecular weight is 334 g/mol. The van der Waals surface area contributed by atoms with Crippen LogP contribution in [0.5, 0.6) is 0 Å². The van der Waals surface area contributed by atoms with Crippen molar-refractivity contribution in [2.45, 2.75) is 38.0 Å². The van der Waals surface area contributed by atoms with E-state index in [-0.39, 0.29) is 16.3 Å². The maximum Gasteiger partial charge on any atom is 0.243 e. The van der Waals surface area contributed by atoms with Gasteiger partial charge in [0.15, 0.2) is 0 Å². The molecule has 0 radical (unpaired) electrons. The summed E-state index contributed by atoms with van der Waals surface area (Å²) in [5.74, 6) is 0.197. The first kappa shape index (κ1) is 16.7. The molecule has 0 aliphatic carbocycles. The number of aryl methyl sites for hydroxylation is 1. The minimum Gasteiger partial charge on any atom is -0.207 e. The standard InChI is InChI=1S/C15H21ClFNO2S/c1-10-4-11(2)9-18(8-10)21(19,20)14-5-12(3)15(17)13(6-14)7-16/h5-6,10-11H,4,7-9H2,1-3H3. The van der Waals surface area contributed by atoms with Crippen molar-refractivity contribution in [3.05, 3.63) is 29.1 Å². The highest BCUT2D eigenvalue weighted by molar-refractivity contribution is 7.89. The van der Waals surface area contributed by atoms with Gasteiger partial charge in [0.1, 0.15) is 5.82 Å². The SMILES string of the molecule is Cc1cc(S(=O)(=O)N2CC(C)CC(C)C2)cc(CCl)c1F. The molecule has 6 heteroatoms. The van der Waals surface area contributed by atoms with Gasteiger partial charge in [-0.15, -0.1) is 11.6 Å². The number of benzene rings is 1. The largest absolute Gasteiger partial charge is 0.243 e. The Morgan fingerprint density at radius 1 is 1.29 bits per heavy atom. The topological polar surface area (TPSA) is 37.4 Å². The second-order valence-corrected chi connectivity index (χ2v) is 8.32. The molecule has 21 heavy (non-hydrogen) atoms. The van der Waals surface area contributed by atoms with E-state index < -0.39 is 15.8 Å². The van der Waals surface area contributed by atoms with Gasteiger partial charge in [-0.3, -0.25) is 0 Å². The highest BCUT2D eigenvalue weighted by atomic mass is 35.5. The number of hydrogen-bond acceptors (Lipinski definition) is 2. The van der Waals surface area contributed by atoms with Crippen LogP contribution in [0.15, 0.2) is 17.0 Å². The number of nitrogens with zero attached hydrogens (tertiary/aromatic N) is 1. The van der Waals surface area contributed by atoms with Crippen LogP contribution in [-0.2, 0) is 15.9 Å². The Bertz CT molecular complexity index is 623. The first-order valence-corrected chi connectivity index (χ1v) is 9.08. The van der Waals surface area contributed by atoms with Gasteiger partial charge in [0.2, 0.25) is 10.0 Å². The Balaban J connectivity index is 2.42. The van der Waals surface area contributed by atoms with Crippen LogP contribution in [0.2, 0.25) is 0 Å². The van der Waals surface area contributed by atoms with Gasteiger partial charge in [-0.25, -0.2) is 12.8 Å². The van der Waals surface area contributed by atoms with Gasteiger partial charge in [0.25, 0.3) is 0 Å². The second kappa shape index (κ2) is 6.23. The predicted octanol–water partition coefficient (Wildman–Crippen LogP) is 3.54. The van der Waals surface area contributed by atoms with E-state index in [0.717, 1.165) is 6.42 Å². The first-order chi connectivity index (χ1) is 9.75. The van der Waals surface area contributed by atoms with Crippen LogP contribution < -0.4 is 0 Å². The lowest BCUT2D eigenvalue weighted by molar-refractivity contribution is 0.222. The first-order valence-electron chi connectivity index (χ1n) is 7.10. The van der Waals surface area contributed by atoms with Crippen LogP contribution in [0.1, 0.15) is 31.4 Å². The molecule has 0 bridgehead atoms. The Kier molecular flexibility index (Phi) is 4.96. The molecular weight excluding hydrogens is 313 g/mol. The van der Waals surface area contributed by atoms with Crippen LogP contribution in [0.25, 0.3) is 0 Å². The van der Waals surface area contributed by atoms with Crippen molar-refractivity contribution < 1.29 is 12.8 Å². The van der Waals surface area contributed by atoms with Gasteiger partial charge in [-0.1, -0.05) is 13.8 Å². The quantitative estimate of drug-likeness (QED) is 0.793. The predicted molar refractivity (Wildman–Crippen MR) is 82.4 cm³/mol. The molecule has 1 aliphatic heterocycles. The Morgan fingerprint density at radius 3 is 2.38 bits per heavy atom. The minimum absolute atomic E-state index is 0.0389. The Hall–Kier alpha value is -0.650. The van der Waals surface area contributed by atoms with E-state index in [2.05, 4.69) is 13.8 Å². The Labute approximate surface area is 131 Å². The van der Waals surface area contributed by atoms with Crippen molar-refractivity contribution in [1.29, 1.82) is 0 Å². The van der Waals surface area contributed by atoms with Gasteiger partial charge >= 0.3 is 0 Å². The third-order valence-corrected chi connectivity index (χ3v) is 6.02. The maximum absolute atomic E-state index is 13.8. The molecular formula is C15H21ClFNO2S. The van der Waals surface area contributed by atoms with Gasteiger partial charge in [-0.05, 0) is 42.9 Å². The fraction of sp³-hybridized carbons (Fsp3) is 0.600. The number of alkyl halides is 1. The monoisotopic (exact) mass is 333 g/mol. The zero-order valence-electron chi connectivity index (χ0n) is 12.6. The van der Waals surface area contributed by atoms with Crippen LogP contribution in [-0.4, -0.2) is 25.8 Å². The molecule has 1 fully saturated rings. The van der Waals surface area contributed by atoms with Gasteiger partial charge in [0.05, 0.1) is 10.8 Å². The van der Waals surface area contributed by atoms with E-state index in [0.29, 0.717) is 30.5 Å². The fourth-order valence-corrected chi connectivity index (χ4v) is 5.01. The summed E-state index contributed by atoms with van der Waals surface area (Å²) in [6.45, 7) is 6.70. The van der Waals surface area contributed by atoms with E-state index in [4.69, 9.17) is 11.6 Å². The molecule has 2 rings (SSSR count). The number of hydrogen-bond donors (Lipinski definition) is 0. The summed E-state index contributed by atoms with van der Waals surface area (Å²) in [6, 6.07) is 2.75. The van der Waals surface area contributed by atoms with E-state index in [1.807, 2.05) is 0 Å². The summed E-state index contributed by atoms with van der Waals surface area (Å²) in [6.07, 6.45) is 1.03. The highest BCUT2D eigenvalue weighted by Crippen LogP contribution is 2.28. The molecule has 118 valence electrons. The van der Waals surface area contributed by atoms with Gasteiger partial charge < -0.3 is 0 Å².